The van der Waals surface area contributed by atoms with Gasteiger partial charge in [0, 0.05) is 12.3 Å². The third-order valence-corrected chi connectivity index (χ3v) is 8.45. The van der Waals surface area contributed by atoms with Crippen LogP contribution in [0.1, 0.15) is 72.1 Å². The van der Waals surface area contributed by atoms with Gasteiger partial charge in [-0.15, -0.1) is 0 Å². The van der Waals surface area contributed by atoms with E-state index in [-0.39, 0.29) is 10.8 Å². The van der Waals surface area contributed by atoms with Crippen LogP contribution in [-0.2, 0) is 9.59 Å². The van der Waals surface area contributed by atoms with Crippen molar-refractivity contribution in [2.24, 2.45) is 34.5 Å². The Morgan fingerprint density at radius 1 is 1.04 bits per heavy atom. The van der Waals surface area contributed by atoms with Gasteiger partial charge in [0.05, 0.1) is 0 Å². The molecular formula is C21H30O2. The van der Waals surface area contributed by atoms with Crippen LogP contribution >= 0.6 is 0 Å². The van der Waals surface area contributed by atoms with Crippen molar-refractivity contribution in [3.05, 3.63) is 11.6 Å². The van der Waals surface area contributed by atoms with Crippen LogP contribution < -0.4 is 0 Å². The van der Waals surface area contributed by atoms with E-state index in [9.17, 15) is 9.59 Å². The summed E-state index contributed by atoms with van der Waals surface area (Å²) >= 11 is 0. The molecule has 2 unspecified atom stereocenters. The number of carbonyl (C=O) groups is 2. The summed E-state index contributed by atoms with van der Waals surface area (Å²) < 4.78 is 0. The van der Waals surface area contributed by atoms with E-state index >= 15 is 0 Å². The number of fused-ring (bicyclic) bond motifs is 5. The molecular weight excluding hydrogens is 284 g/mol. The van der Waals surface area contributed by atoms with E-state index in [0.717, 1.165) is 43.4 Å². The minimum atomic E-state index is 0.245. The predicted molar refractivity (Wildman–Crippen MR) is 90.9 cm³/mol. The molecule has 23 heavy (non-hydrogen) atoms. The molecule has 0 aromatic rings. The first-order valence-corrected chi connectivity index (χ1v) is 9.60. The van der Waals surface area contributed by atoms with E-state index in [1.165, 1.54) is 31.3 Å². The van der Waals surface area contributed by atoms with E-state index in [0.29, 0.717) is 17.5 Å². The third kappa shape index (κ3) is 2.06. The molecule has 0 aliphatic heterocycles. The zero-order valence-corrected chi connectivity index (χ0v) is 14.9. The van der Waals surface area contributed by atoms with Crippen LogP contribution in [0.5, 0.6) is 0 Å². The summed E-state index contributed by atoms with van der Waals surface area (Å²) in [5.41, 5.74) is 1.95. The summed E-state index contributed by atoms with van der Waals surface area (Å²) in [7, 11) is 0. The van der Waals surface area contributed by atoms with Crippen LogP contribution in [0, 0.1) is 34.5 Å². The maximum absolute atomic E-state index is 12.1. The first-order valence-electron chi connectivity index (χ1n) is 9.60. The number of hydrogen-bond acceptors (Lipinski definition) is 2. The zero-order valence-electron chi connectivity index (χ0n) is 14.9. The molecule has 0 amide bonds. The molecule has 2 heteroatoms. The fourth-order valence-electron chi connectivity index (χ4n) is 7.23. The van der Waals surface area contributed by atoms with Gasteiger partial charge < -0.3 is 0 Å². The number of rotatable bonds is 1. The Morgan fingerprint density at radius 3 is 2.57 bits per heavy atom. The molecule has 0 heterocycles. The highest BCUT2D eigenvalue weighted by Crippen LogP contribution is 2.66. The monoisotopic (exact) mass is 314 g/mol. The van der Waals surface area contributed by atoms with Gasteiger partial charge >= 0.3 is 0 Å². The lowest BCUT2D eigenvalue weighted by Crippen LogP contribution is -2.51. The first kappa shape index (κ1) is 15.6. The van der Waals surface area contributed by atoms with Gasteiger partial charge in [-0.25, -0.2) is 0 Å². The minimum Gasteiger partial charge on any atom is -0.300 e. The maximum atomic E-state index is 12.1. The Balaban J connectivity index is 1.67. The average molecular weight is 314 g/mol. The van der Waals surface area contributed by atoms with Crippen LogP contribution in [0.3, 0.4) is 0 Å². The van der Waals surface area contributed by atoms with Gasteiger partial charge in [-0.2, -0.15) is 0 Å². The Morgan fingerprint density at radius 2 is 1.83 bits per heavy atom. The summed E-state index contributed by atoms with van der Waals surface area (Å²) in [6.07, 6.45) is 10.9. The number of ketones is 2. The molecule has 0 saturated heterocycles. The Hall–Kier alpha value is -0.920. The molecule has 0 spiro atoms. The van der Waals surface area contributed by atoms with Crippen molar-refractivity contribution >= 4 is 11.6 Å². The van der Waals surface area contributed by atoms with Crippen LogP contribution in [0.4, 0.5) is 0 Å². The lowest BCUT2D eigenvalue weighted by Gasteiger charge is -2.58. The van der Waals surface area contributed by atoms with Crippen molar-refractivity contribution in [1.29, 1.82) is 0 Å². The molecule has 0 radical (unpaired) electrons. The molecule has 126 valence electrons. The minimum absolute atomic E-state index is 0.245. The molecule has 2 nitrogen and oxygen atoms in total. The van der Waals surface area contributed by atoms with Crippen molar-refractivity contribution in [3.8, 4) is 0 Å². The molecule has 0 N–H and O–H groups in total. The van der Waals surface area contributed by atoms with Crippen molar-refractivity contribution in [2.75, 3.05) is 0 Å². The molecule has 4 rings (SSSR count). The lowest BCUT2D eigenvalue weighted by molar-refractivity contribution is -0.128. The summed E-state index contributed by atoms with van der Waals surface area (Å²) in [6, 6.07) is 0. The highest BCUT2D eigenvalue weighted by atomic mass is 16.1. The largest absolute Gasteiger partial charge is 0.300 e. The predicted octanol–water partition coefficient (Wildman–Crippen LogP) is 4.72. The van der Waals surface area contributed by atoms with Gasteiger partial charge in [0.25, 0.3) is 0 Å². The highest BCUT2D eigenvalue weighted by molar-refractivity contribution is 5.91. The summed E-state index contributed by atoms with van der Waals surface area (Å²) in [4.78, 5) is 24.0. The lowest BCUT2D eigenvalue weighted by atomic mass is 9.47. The molecule has 4 aliphatic rings. The van der Waals surface area contributed by atoms with Crippen LogP contribution in [0.25, 0.3) is 0 Å². The van der Waals surface area contributed by atoms with Gasteiger partial charge in [0.15, 0.2) is 5.78 Å². The molecule has 0 aromatic heterocycles. The van der Waals surface area contributed by atoms with E-state index in [4.69, 9.17) is 0 Å². The summed E-state index contributed by atoms with van der Waals surface area (Å²) in [5, 5.41) is 0. The average Bonchev–Trinajstić information content (AvgIpc) is 2.85. The third-order valence-electron chi connectivity index (χ3n) is 8.45. The maximum Gasteiger partial charge on any atom is 0.155 e. The van der Waals surface area contributed by atoms with Crippen LogP contribution in [0.15, 0.2) is 11.6 Å². The van der Waals surface area contributed by atoms with Gasteiger partial charge in [0.2, 0.25) is 0 Å². The van der Waals surface area contributed by atoms with E-state index in [1.807, 2.05) is 6.08 Å². The number of Topliss-reactive ketones (excluding diaryl/α,β-unsaturated/α-hetero) is 1. The summed E-state index contributed by atoms with van der Waals surface area (Å²) in [5.74, 6) is 3.29. The van der Waals surface area contributed by atoms with Gasteiger partial charge in [-0.1, -0.05) is 19.4 Å². The van der Waals surface area contributed by atoms with E-state index in [2.05, 4.69) is 13.8 Å². The number of carbonyl (C=O) groups excluding carboxylic acids is 2. The Labute approximate surface area is 140 Å². The van der Waals surface area contributed by atoms with Crippen molar-refractivity contribution < 1.29 is 9.59 Å². The zero-order chi connectivity index (χ0) is 16.4. The fraction of sp³-hybridized carbons (Fsp3) is 0.810. The normalized spacial score (nSPS) is 49.0. The number of allylic oxidation sites excluding steroid dienone is 1. The van der Waals surface area contributed by atoms with Gasteiger partial charge in [-0.3, -0.25) is 9.59 Å². The molecule has 0 aromatic carbocycles. The SMILES string of the molecule is CC(=O)[C@H]1CC[C@H]2[C@@H]3CCC4=CC(=O)CCC4(C)[C@H]3CCC12C. The second-order valence-electron chi connectivity index (χ2n) is 9.25. The standard InChI is InChI=1S/C21H30O2/c1-13(22)17-6-7-18-16-5-4-14-12-15(23)8-10-20(14,2)19(16)9-11-21(17,18)3/h12,16-19H,4-11H2,1-3H3/t16-,17+,18-,19-,20?,21?/m0/s1. The highest BCUT2D eigenvalue weighted by Gasteiger charge is 2.59. The van der Waals surface area contributed by atoms with Gasteiger partial charge in [-0.05, 0) is 86.5 Å². The molecule has 0 bridgehead atoms. The van der Waals surface area contributed by atoms with Crippen LogP contribution in [-0.4, -0.2) is 11.6 Å². The Kier molecular flexibility index (Phi) is 3.42. The second-order valence-corrected chi connectivity index (χ2v) is 9.25. The van der Waals surface area contributed by atoms with Gasteiger partial charge in [0.1, 0.15) is 5.78 Å². The van der Waals surface area contributed by atoms with E-state index in [1.54, 1.807) is 6.92 Å². The molecule has 3 saturated carbocycles. The quantitative estimate of drug-likeness (QED) is 0.701. The topological polar surface area (TPSA) is 34.1 Å². The fourth-order valence-corrected chi connectivity index (χ4v) is 7.23. The summed E-state index contributed by atoms with van der Waals surface area (Å²) in [6.45, 7) is 6.65. The van der Waals surface area contributed by atoms with Crippen molar-refractivity contribution in [2.45, 2.75) is 72.1 Å². The van der Waals surface area contributed by atoms with Crippen molar-refractivity contribution in [3.63, 3.8) is 0 Å². The molecule has 3 fully saturated rings. The van der Waals surface area contributed by atoms with Crippen molar-refractivity contribution in [1.82, 2.24) is 0 Å². The van der Waals surface area contributed by atoms with Crippen LogP contribution in [0.2, 0.25) is 0 Å². The molecule has 6 atom stereocenters. The second kappa shape index (κ2) is 5.04. The number of hydrogen-bond donors (Lipinski definition) is 0. The first-order chi connectivity index (χ1) is 10.9. The smallest absolute Gasteiger partial charge is 0.155 e. The Bertz CT molecular complexity index is 589. The molecule has 4 aliphatic carbocycles. The van der Waals surface area contributed by atoms with E-state index < -0.39 is 0 Å².